The molecule has 0 aliphatic heterocycles. The van der Waals surface area contributed by atoms with Gasteiger partial charge in [0.15, 0.2) is 0 Å². The number of ether oxygens (including phenoxy) is 1. The number of benzene rings is 1. The van der Waals surface area contributed by atoms with Gasteiger partial charge in [-0.05, 0) is 25.1 Å². The molecule has 0 fully saturated rings. The van der Waals surface area contributed by atoms with E-state index in [1.165, 1.54) is 0 Å². The Hall–Kier alpha value is -2.07. The first-order chi connectivity index (χ1) is 9.20. The van der Waals surface area contributed by atoms with Gasteiger partial charge in [0.1, 0.15) is 10.8 Å². The van der Waals surface area contributed by atoms with Crippen LogP contribution in [0.25, 0.3) is 16.6 Å². The van der Waals surface area contributed by atoms with Crippen molar-refractivity contribution in [3.63, 3.8) is 0 Å². The van der Waals surface area contributed by atoms with Gasteiger partial charge >= 0.3 is 0 Å². The molecule has 96 valence electrons. The fourth-order valence-corrected chi connectivity index (χ4v) is 2.40. The zero-order valence-electron chi connectivity index (χ0n) is 10.6. The van der Waals surface area contributed by atoms with Crippen LogP contribution in [0.5, 0.6) is 5.75 Å². The van der Waals surface area contributed by atoms with E-state index < -0.39 is 0 Å². The summed E-state index contributed by atoms with van der Waals surface area (Å²) in [7, 11) is 1.60. The number of methoxy groups -OCH3 is 1. The van der Waals surface area contributed by atoms with E-state index in [-0.39, 0.29) is 0 Å². The first-order valence-electron chi connectivity index (χ1n) is 5.83. The Bertz CT molecular complexity index is 738. The van der Waals surface area contributed by atoms with E-state index in [9.17, 15) is 0 Å². The molecular weight excluding hydrogens is 262 g/mol. The SMILES string of the molecule is COc1ccc2c(-n3ccnc3)cc(C)nc2c1Cl. The molecule has 0 bridgehead atoms. The first kappa shape index (κ1) is 12.0. The third-order valence-electron chi connectivity index (χ3n) is 2.99. The van der Waals surface area contributed by atoms with Gasteiger partial charge in [0.2, 0.25) is 0 Å². The average molecular weight is 274 g/mol. The Morgan fingerprint density at radius 2 is 2.16 bits per heavy atom. The highest BCUT2D eigenvalue weighted by Crippen LogP contribution is 2.34. The van der Waals surface area contributed by atoms with Gasteiger partial charge in [-0.25, -0.2) is 4.98 Å². The Morgan fingerprint density at radius 1 is 1.32 bits per heavy atom. The highest BCUT2D eigenvalue weighted by molar-refractivity contribution is 6.36. The number of halogens is 1. The van der Waals surface area contributed by atoms with Gasteiger partial charge in [0, 0.05) is 23.5 Å². The number of pyridine rings is 1. The monoisotopic (exact) mass is 273 g/mol. The average Bonchev–Trinajstić information content (AvgIpc) is 2.93. The summed E-state index contributed by atoms with van der Waals surface area (Å²) < 4.78 is 7.18. The molecule has 4 nitrogen and oxygen atoms in total. The zero-order valence-corrected chi connectivity index (χ0v) is 11.3. The second-order valence-electron chi connectivity index (χ2n) is 4.23. The van der Waals surface area contributed by atoms with Crippen molar-refractivity contribution in [1.29, 1.82) is 0 Å². The van der Waals surface area contributed by atoms with Gasteiger partial charge in [-0.1, -0.05) is 11.6 Å². The summed E-state index contributed by atoms with van der Waals surface area (Å²) in [5.74, 6) is 0.629. The summed E-state index contributed by atoms with van der Waals surface area (Å²) in [5, 5.41) is 1.50. The van der Waals surface area contributed by atoms with E-state index >= 15 is 0 Å². The molecule has 0 amide bonds. The number of hydrogen-bond acceptors (Lipinski definition) is 3. The van der Waals surface area contributed by atoms with Crippen LogP contribution in [-0.2, 0) is 0 Å². The number of nitrogens with zero attached hydrogens (tertiary/aromatic N) is 3. The highest BCUT2D eigenvalue weighted by Gasteiger charge is 2.12. The van der Waals surface area contributed by atoms with Gasteiger partial charge in [0.05, 0.1) is 24.6 Å². The number of aromatic nitrogens is 3. The van der Waals surface area contributed by atoms with Crippen molar-refractivity contribution in [1.82, 2.24) is 14.5 Å². The van der Waals surface area contributed by atoms with Crippen LogP contribution in [-0.4, -0.2) is 21.6 Å². The summed E-state index contributed by atoms with van der Waals surface area (Å²) in [5.41, 5.74) is 2.64. The molecule has 0 saturated heterocycles. The van der Waals surface area contributed by atoms with Crippen LogP contribution in [0.3, 0.4) is 0 Å². The van der Waals surface area contributed by atoms with Crippen molar-refractivity contribution in [3.8, 4) is 11.4 Å². The summed E-state index contributed by atoms with van der Waals surface area (Å²) in [6.07, 6.45) is 5.39. The standard InChI is InChI=1S/C14H12ClN3O/c1-9-7-11(18-6-5-16-8-18)10-3-4-12(19-2)13(15)14(10)17-9/h3-8H,1-2H3. The third kappa shape index (κ3) is 1.94. The molecule has 5 heteroatoms. The maximum Gasteiger partial charge on any atom is 0.139 e. The van der Waals surface area contributed by atoms with Crippen LogP contribution < -0.4 is 4.74 Å². The third-order valence-corrected chi connectivity index (χ3v) is 3.36. The van der Waals surface area contributed by atoms with E-state index in [0.717, 1.165) is 22.3 Å². The largest absolute Gasteiger partial charge is 0.495 e. The van der Waals surface area contributed by atoms with Crippen molar-refractivity contribution in [2.45, 2.75) is 6.92 Å². The fraction of sp³-hybridized carbons (Fsp3) is 0.143. The molecule has 3 rings (SSSR count). The Labute approximate surface area is 115 Å². The minimum atomic E-state index is 0.532. The molecule has 2 aromatic heterocycles. The van der Waals surface area contributed by atoms with Crippen LogP contribution in [0.1, 0.15) is 5.69 Å². The van der Waals surface area contributed by atoms with Crippen LogP contribution in [0.4, 0.5) is 0 Å². The first-order valence-corrected chi connectivity index (χ1v) is 6.20. The summed E-state index contributed by atoms with van der Waals surface area (Å²) in [4.78, 5) is 8.58. The Morgan fingerprint density at radius 3 is 2.84 bits per heavy atom. The molecular formula is C14H12ClN3O. The molecule has 0 aliphatic carbocycles. The molecule has 0 spiro atoms. The minimum absolute atomic E-state index is 0.532. The predicted molar refractivity (Wildman–Crippen MR) is 75.2 cm³/mol. The Balaban J connectivity index is 2.38. The lowest BCUT2D eigenvalue weighted by Gasteiger charge is -2.11. The molecule has 2 heterocycles. The predicted octanol–water partition coefficient (Wildman–Crippen LogP) is 3.39. The maximum absolute atomic E-state index is 6.33. The minimum Gasteiger partial charge on any atom is -0.495 e. The van der Waals surface area contributed by atoms with Gasteiger partial charge in [-0.3, -0.25) is 4.98 Å². The molecule has 0 N–H and O–H groups in total. The summed E-state index contributed by atoms with van der Waals surface area (Å²) in [6, 6.07) is 5.82. The van der Waals surface area contributed by atoms with Gasteiger partial charge in [-0.15, -0.1) is 0 Å². The van der Waals surface area contributed by atoms with Crippen molar-refractivity contribution in [2.75, 3.05) is 7.11 Å². The van der Waals surface area contributed by atoms with E-state index in [0.29, 0.717) is 10.8 Å². The lowest BCUT2D eigenvalue weighted by atomic mass is 10.1. The Kier molecular flexibility index (Phi) is 2.87. The summed E-state index contributed by atoms with van der Waals surface area (Å²) in [6.45, 7) is 1.94. The van der Waals surface area contributed by atoms with Gasteiger partial charge < -0.3 is 9.30 Å². The number of imidazole rings is 1. The molecule has 0 saturated carbocycles. The second-order valence-corrected chi connectivity index (χ2v) is 4.61. The number of hydrogen-bond donors (Lipinski definition) is 0. The van der Waals surface area contributed by atoms with Crippen LogP contribution in [0.2, 0.25) is 5.02 Å². The molecule has 1 aromatic carbocycles. The van der Waals surface area contributed by atoms with Crippen LogP contribution in [0, 0.1) is 6.92 Å². The molecule has 0 aliphatic rings. The van der Waals surface area contributed by atoms with Crippen LogP contribution in [0.15, 0.2) is 36.9 Å². The normalized spacial score (nSPS) is 10.9. The number of rotatable bonds is 2. The molecule has 19 heavy (non-hydrogen) atoms. The van der Waals surface area contributed by atoms with E-state index in [1.807, 2.05) is 35.9 Å². The molecule has 0 atom stereocenters. The van der Waals surface area contributed by atoms with Crippen molar-refractivity contribution in [3.05, 3.63) is 47.6 Å². The molecule has 0 unspecified atom stereocenters. The topological polar surface area (TPSA) is 39.9 Å². The fourth-order valence-electron chi connectivity index (χ4n) is 2.12. The lowest BCUT2D eigenvalue weighted by Crippen LogP contribution is -1.97. The van der Waals surface area contributed by atoms with Gasteiger partial charge in [-0.2, -0.15) is 0 Å². The van der Waals surface area contributed by atoms with Crippen molar-refractivity contribution >= 4 is 22.5 Å². The zero-order chi connectivity index (χ0) is 13.4. The van der Waals surface area contributed by atoms with Crippen LogP contribution >= 0.6 is 11.6 Å². The van der Waals surface area contributed by atoms with Gasteiger partial charge in [0.25, 0.3) is 0 Å². The smallest absolute Gasteiger partial charge is 0.139 e. The summed E-state index contributed by atoms with van der Waals surface area (Å²) >= 11 is 6.33. The molecule has 3 aromatic rings. The van der Waals surface area contributed by atoms with E-state index in [4.69, 9.17) is 16.3 Å². The quantitative estimate of drug-likeness (QED) is 0.718. The molecule has 0 radical (unpaired) electrons. The van der Waals surface area contributed by atoms with E-state index in [1.54, 1.807) is 19.6 Å². The highest BCUT2D eigenvalue weighted by atomic mass is 35.5. The van der Waals surface area contributed by atoms with E-state index in [2.05, 4.69) is 9.97 Å². The maximum atomic E-state index is 6.33. The second kappa shape index (κ2) is 4.55. The number of aryl methyl sites for hydroxylation is 1. The lowest BCUT2D eigenvalue weighted by molar-refractivity contribution is 0.415. The van der Waals surface area contributed by atoms with Crippen molar-refractivity contribution < 1.29 is 4.74 Å². The number of fused-ring (bicyclic) bond motifs is 1. The van der Waals surface area contributed by atoms with Crippen molar-refractivity contribution in [2.24, 2.45) is 0 Å².